The van der Waals surface area contributed by atoms with Crippen molar-refractivity contribution >= 4 is 23.2 Å². The van der Waals surface area contributed by atoms with Gasteiger partial charge in [-0.15, -0.1) is 0 Å². The van der Waals surface area contributed by atoms with E-state index in [0.29, 0.717) is 17.5 Å². The molecule has 0 N–H and O–H groups in total. The first-order valence-electron chi connectivity index (χ1n) is 7.20. The van der Waals surface area contributed by atoms with Crippen LogP contribution in [0.3, 0.4) is 0 Å². The number of nitro groups is 1. The third kappa shape index (κ3) is 1.58. The SMILES string of the molecule is O=C1[C@@H]2[C@H]3CC[C@@H](C3)[C@H]2C(=O)N1c1ccc([N+](=O)[O-])cc1. The average molecular weight is 286 g/mol. The molecule has 0 aromatic heterocycles. The van der Waals surface area contributed by atoms with Crippen LogP contribution in [0.15, 0.2) is 24.3 Å². The summed E-state index contributed by atoms with van der Waals surface area (Å²) in [7, 11) is 0. The van der Waals surface area contributed by atoms with Crippen LogP contribution in [0, 0.1) is 33.8 Å². The largest absolute Gasteiger partial charge is 0.274 e. The number of benzene rings is 1. The molecule has 2 amide bonds. The Morgan fingerprint density at radius 3 is 2.00 bits per heavy atom. The number of hydrogen-bond donors (Lipinski definition) is 0. The zero-order valence-corrected chi connectivity index (χ0v) is 11.3. The molecule has 2 saturated carbocycles. The van der Waals surface area contributed by atoms with E-state index in [0.717, 1.165) is 19.3 Å². The summed E-state index contributed by atoms with van der Waals surface area (Å²) in [6, 6.07) is 5.63. The van der Waals surface area contributed by atoms with Crippen molar-refractivity contribution in [3.63, 3.8) is 0 Å². The topological polar surface area (TPSA) is 80.5 Å². The summed E-state index contributed by atoms with van der Waals surface area (Å²) < 4.78 is 0. The average Bonchev–Trinajstić information content (AvgIpc) is 3.13. The van der Waals surface area contributed by atoms with Gasteiger partial charge < -0.3 is 0 Å². The van der Waals surface area contributed by atoms with Crippen molar-refractivity contribution in [2.24, 2.45) is 23.7 Å². The number of amides is 2. The Morgan fingerprint density at radius 2 is 1.52 bits per heavy atom. The van der Waals surface area contributed by atoms with Gasteiger partial charge in [-0.1, -0.05) is 0 Å². The van der Waals surface area contributed by atoms with E-state index < -0.39 is 4.92 Å². The van der Waals surface area contributed by atoms with Crippen molar-refractivity contribution in [2.45, 2.75) is 19.3 Å². The summed E-state index contributed by atoms with van der Waals surface area (Å²) in [5.74, 6) is 0.133. The molecule has 1 heterocycles. The van der Waals surface area contributed by atoms with E-state index in [1.54, 1.807) is 0 Å². The number of carbonyl (C=O) groups excluding carboxylic acids is 2. The van der Waals surface area contributed by atoms with E-state index in [9.17, 15) is 19.7 Å². The molecule has 1 aliphatic heterocycles. The van der Waals surface area contributed by atoms with Gasteiger partial charge in [-0.05, 0) is 43.2 Å². The number of fused-ring (bicyclic) bond motifs is 5. The number of carbonyl (C=O) groups is 2. The number of nitro benzene ring substituents is 1. The molecule has 0 unspecified atom stereocenters. The van der Waals surface area contributed by atoms with E-state index in [4.69, 9.17) is 0 Å². The molecule has 6 heteroatoms. The van der Waals surface area contributed by atoms with Crippen molar-refractivity contribution in [2.75, 3.05) is 4.90 Å². The second kappa shape index (κ2) is 4.13. The van der Waals surface area contributed by atoms with Crippen LogP contribution in [0.1, 0.15) is 19.3 Å². The first-order valence-corrected chi connectivity index (χ1v) is 7.20. The van der Waals surface area contributed by atoms with Crippen molar-refractivity contribution in [3.8, 4) is 0 Å². The molecule has 108 valence electrons. The Labute approximate surface area is 120 Å². The van der Waals surface area contributed by atoms with Crippen LogP contribution in [0.4, 0.5) is 11.4 Å². The maximum Gasteiger partial charge on any atom is 0.269 e. The van der Waals surface area contributed by atoms with Gasteiger partial charge in [0.25, 0.3) is 5.69 Å². The third-order valence-electron chi connectivity index (χ3n) is 5.25. The Hall–Kier alpha value is -2.24. The molecule has 0 spiro atoms. The minimum Gasteiger partial charge on any atom is -0.274 e. The predicted octanol–water partition coefficient (Wildman–Crippen LogP) is 2.13. The molecule has 2 aliphatic carbocycles. The Balaban J connectivity index is 1.68. The van der Waals surface area contributed by atoms with Gasteiger partial charge in [-0.25, -0.2) is 0 Å². The second-order valence-electron chi connectivity index (χ2n) is 6.17. The fourth-order valence-electron chi connectivity index (χ4n) is 4.39. The van der Waals surface area contributed by atoms with E-state index >= 15 is 0 Å². The number of non-ortho nitro benzene ring substituents is 1. The summed E-state index contributed by atoms with van der Waals surface area (Å²) in [5.41, 5.74) is 0.405. The molecule has 2 bridgehead atoms. The third-order valence-corrected chi connectivity index (χ3v) is 5.25. The summed E-state index contributed by atoms with van der Waals surface area (Å²) >= 11 is 0. The van der Waals surface area contributed by atoms with E-state index in [2.05, 4.69) is 0 Å². The van der Waals surface area contributed by atoms with Crippen molar-refractivity contribution in [1.82, 2.24) is 0 Å². The zero-order valence-electron chi connectivity index (χ0n) is 11.3. The normalized spacial score (nSPS) is 33.6. The maximum absolute atomic E-state index is 12.6. The van der Waals surface area contributed by atoms with Crippen LogP contribution in [0.2, 0.25) is 0 Å². The number of anilines is 1. The Kier molecular flexibility index (Phi) is 2.46. The lowest BCUT2D eigenvalue weighted by Gasteiger charge is -2.19. The van der Waals surface area contributed by atoms with Gasteiger partial charge in [-0.3, -0.25) is 24.6 Å². The van der Waals surface area contributed by atoms with E-state index in [-0.39, 0.29) is 29.3 Å². The van der Waals surface area contributed by atoms with E-state index in [1.165, 1.54) is 29.2 Å². The number of imide groups is 1. The molecule has 1 saturated heterocycles. The maximum atomic E-state index is 12.6. The van der Waals surface area contributed by atoms with Crippen LogP contribution in [-0.4, -0.2) is 16.7 Å². The number of nitrogens with zero attached hydrogens (tertiary/aromatic N) is 2. The van der Waals surface area contributed by atoms with Gasteiger partial charge in [-0.2, -0.15) is 0 Å². The lowest BCUT2D eigenvalue weighted by atomic mass is 9.81. The Bertz CT molecular complexity index is 626. The lowest BCUT2D eigenvalue weighted by molar-refractivity contribution is -0.384. The molecule has 4 atom stereocenters. The van der Waals surface area contributed by atoms with Gasteiger partial charge in [0.15, 0.2) is 0 Å². The van der Waals surface area contributed by atoms with Gasteiger partial charge in [0.05, 0.1) is 22.4 Å². The number of hydrogen-bond acceptors (Lipinski definition) is 4. The summed E-state index contributed by atoms with van der Waals surface area (Å²) in [6.07, 6.45) is 3.08. The van der Waals surface area contributed by atoms with Crippen LogP contribution in [0.25, 0.3) is 0 Å². The smallest absolute Gasteiger partial charge is 0.269 e. The van der Waals surface area contributed by atoms with Crippen molar-refractivity contribution < 1.29 is 14.5 Å². The molecule has 3 fully saturated rings. The Morgan fingerprint density at radius 1 is 1.00 bits per heavy atom. The van der Waals surface area contributed by atoms with Gasteiger partial charge in [0, 0.05) is 12.1 Å². The molecule has 3 aliphatic rings. The van der Waals surface area contributed by atoms with Gasteiger partial charge in [0.1, 0.15) is 0 Å². The molecular formula is C15H14N2O4. The highest BCUT2D eigenvalue weighted by molar-refractivity contribution is 6.22. The van der Waals surface area contributed by atoms with Crippen LogP contribution in [0.5, 0.6) is 0 Å². The fourth-order valence-corrected chi connectivity index (χ4v) is 4.39. The lowest BCUT2D eigenvalue weighted by Crippen LogP contribution is -2.32. The fraction of sp³-hybridized carbons (Fsp3) is 0.467. The van der Waals surface area contributed by atoms with Crippen LogP contribution >= 0.6 is 0 Å². The minimum atomic E-state index is -0.494. The summed E-state index contributed by atoms with van der Waals surface area (Å²) in [5, 5.41) is 10.7. The second-order valence-corrected chi connectivity index (χ2v) is 6.17. The van der Waals surface area contributed by atoms with Crippen LogP contribution in [-0.2, 0) is 9.59 Å². The first-order chi connectivity index (χ1) is 10.1. The predicted molar refractivity (Wildman–Crippen MR) is 73.4 cm³/mol. The molecule has 1 aromatic carbocycles. The van der Waals surface area contributed by atoms with Crippen molar-refractivity contribution in [3.05, 3.63) is 34.4 Å². The minimum absolute atomic E-state index is 0.0434. The highest BCUT2D eigenvalue weighted by Crippen LogP contribution is 2.56. The molecule has 0 radical (unpaired) electrons. The highest BCUT2D eigenvalue weighted by atomic mass is 16.6. The van der Waals surface area contributed by atoms with Gasteiger partial charge >= 0.3 is 0 Å². The number of rotatable bonds is 2. The van der Waals surface area contributed by atoms with Crippen molar-refractivity contribution in [1.29, 1.82) is 0 Å². The standard InChI is InChI=1S/C15H14N2O4/c18-14-12-8-1-2-9(7-8)13(12)15(19)16(14)10-3-5-11(6-4-10)17(20)21/h3-6,8-9,12-13H,1-2,7H2/t8-,9-,12+,13+/m0/s1. The van der Waals surface area contributed by atoms with E-state index in [1.807, 2.05) is 0 Å². The highest BCUT2D eigenvalue weighted by Gasteiger charge is 2.61. The molecule has 1 aromatic rings. The van der Waals surface area contributed by atoms with Crippen LogP contribution < -0.4 is 4.90 Å². The zero-order chi connectivity index (χ0) is 14.7. The molecular weight excluding hydrogens is 272 g/mol. The monoisotopic (exact) mass is 286 g/mol. The quantitative estimate of drug-likeness (QED) is 0.474. The van der Waals surface area contributed by atoms with Gasteiger partial charge in [0.2, 0.25) is 11.8 Å². The molecule has 21 heavy (non-hydrogen) atoms. The first kappa shape index (κ1) is 12.5. The molecule has 6 nitrogen and oxygen atoms in total. The molecule has 4 rings (SSSR count). The summed E-state index contributed by atoms with van der Waals surface area (Å²) in [4.78, 5) is 36.6. The summed E-state index contributed by atoms with van der Waals surface area (Å²) in [6.45, 7) is 0.